The normalized spacial score (nSPS) is 40.7. The molecule has 66 heavy (non-hydrogen) atoms. The maximum absolute atomic E-state index is 15.5. The van der Waals surface area contributed by atoms with Crippen LogP contribution in [0.4, 0.5) is 0 Å². The van der Waals surface area contributed by atoms with Gasteiger partial charge in [0.15, 0.2) is 11.6 Å². The second-order valence-corrected chi connectivity index (χ2v) is 23.0. The quantitative estimate of drug-likeness (QED) is 0.148. The molecule has 6 aliphatic carbocycles. The van der Waals surface area contributed by atoms with Gasteiger partial charge in [-0.2, -0.15) is 0 Å². The molecule has 2 aromatic carbocycles. The molecule has 13 rings (SSSR count). The molecule has 5 heterocycles. The highest BCUT2D eigenvalue weighted by molar-refractivity contribution is 8.76. The number of Topliss-reactive ketones (excluding diaryl/α,β-unsaturated/α-hetero) is 2. The fraction of sp³-hybridized carbons (Fsp3) is 0.510. The summed E-state index contributed by atoms with van der Waals surface area (Å²) in [6.07, 6.45) is 5.76. The Morgan fingerprint density at radius 1 is 1.02 bits per heavy atom. The number of dihydropyridines is 1. The minimum absolute atomic E-state index is 0.00308. The number of rotatable bonds is 5. The van der Waals surface area contributed by atoms with E-state index < -0.39 is 70.5 Å². The van der Waals surface area contributed by atoms with Gasteiger partial charge in [0.05, 0.1) is 30.1 Å². The van der Waals surface area contributed by atoms with E-state index in [9.17, 15) is 40.2 Å². The highest BCUT2D eigenvalue weighted by atomic mass is 33.1. The number of hydrogen-bond donors (Lipinski definition) is 8. The van der Waals surface area contributed by atoms with E-state index in [4.69, 9.17) is 9.47 Å². The highest BCUT2D eigenvalue weighted by Gasteiger charge is 2.72. The van der Waals surface area contributed by atoms with Gasteiger partial charge in [-0.1, -0.05) is 76.6 Å². The van der Waals surface area contributed by atoms with Crippen molar-refractivity contribution in [3.8, 4) is 5.75 Å². The molecule has 11 aliphatic rings. The zero-order valence-electron chi connectivity index (χ0n) is 36.3. The van der Waals surface area contributed by atoms with Gasteiger partial charge in [-0.3, -0.25) is 9.59 Å². The first-order valence-electron chi connectivity index (χ1n) is 23.4. The number of ether oxygens (including phenoxy) is 2. The summed E-state index contributed by atoms with van der Waals surface area (Å²) in [6.45, 7) is -0.312. The second kappa shape index (κ2) is 15.4. The number of ketones is 2. The van der Waals surface area contributed by atoms with E-state index in [0.29, 0.717) is 25.0 Å². The van der Waals surface area contributed by atoms with Gasteiger partial charge in [-0.15, -0.1) is 0 Å². The molecule has 346 valence electrons. The van der Waals surface area contributed by atoms with Gasteiger partial charge >= 0.3 is 0 Å². The molecular formula is C51H54N2O11S2. The summed E-state index contributed by atoms with van der Waals surface area (Å²) >= 11 is 0. The molecule has 1 saturated heterocycles. The largest absolute Gasteiger partial charge is 0.511 e. The van der Waals surface area contributed by atoms with Crippen molar-refractivity contribution in [2.75, 3.05) is 18.9 Å². The Bertz CT molecular complexity index is 2640. The van der Waals surface area contributed by atoms with Gasteiger partial charge in [0.2, 0.25) is 6.29 Å². The van der Waals surface area contributed by atoms with Gasteiger partial charge in [-0.25, -0.2) is 0 Å². The molecule has 3 spiro atoms. The molecule has 0 unspecified atom stereocenters. The molecule has 8 N–H and O–H groups in total. The molecule has 5 aliphatic heterocycles. The van der Waals surface area contributed by atoms with E-state index in [1.165, 1.54) is 22.4 Å². The molecule has 0 amide bonds. The number of carbonyl (C=O) groups excluding carboxylic acids is 3. The third-order valence-electron chi connectivity index (χ3n) is 17.5. The average molecular weight is 935 g/mol. The molecule has 13 nitrogen and oxygen atoms in total. The van der Waals surface area contributed by atoms with Crippen molar-refractivity contribution in [3.63, 3.8) is 0 Å². The maximum atomic E-state index is 15.5. The summed E-state index contributed by atoms with van der Waals surface area (Å²) in [6, 6.07) is 12.0. The van der Waals surface area contributed by atoms with Gasteiger partial charge in [-0.05, 0) is 108 Å². The summed E-state index contributed by atoms with van der Waals surface area (Å²) < 4.78 is 12.7. The lowest BCUT2D eigenvalue weighted by atomic mass is 9.49. The molecule has 3 fully saturated rings. The van der Waals surface area contributed by atoms with E-state index >= 15 is 4.79 Å². The minimum Gasteiger partial charge on any atom is -0.511 e. The summed E-state index contributed by atoms with van der Waals surface area (Å²) in [4.78, 5) is 43.6. The number of aliphatic hydroxyl groups is 6. The number of allylic oxidation sites excluding steroid dienone is 7. The minimum atomic E-state index is -2.33. The summed E-state index contributed by atoms with van der Waals surface area (Å²) in [5.74, 6) is -1.97. The highest BCUT2D eigenvalue weighted by Crippen LogP contribution is 2.76. The lowest BCUT2D eigenvalue weighted by Gasteiger charge is -2.59. The van der Waals surface area contributed by atoms with Crippen LogP contribution in [0.25, 0.3) is 0 Å². The Kier molecular flexibility index (Phi) is 10.1. The van der Waals surface area contributed by atoms with Crippen LogP contribution in [-0.2, 0) is 22.6 Å². The monoisotopic (exact) mass is 934 g/mol. The zero-order chi connectivity index (χ0) is 45.5. The number of carbonyl (C=O) groups is 3. The zero-order valence-corrected chi connectivity index (χ0v) is 37.9. The van der Waals surface area contributed by atoms with E-state index in [1.54, 1.807) is 35.1 Å². The number of fused-ring (bicyclic) bond motifs is 2. The topological polar surface area (TPSA) is 215 Å². The summed E-state index contributed by atoms with van der Waals surface area (Å²) in [5.41, 5.74) is 1.40. The Morgan fingerprint density at radius 2 is 1.85 bits per heavy atom. The van der Waals surface area contributed by atoms with Crippen LogP contribution in [-0.4, -0.2) is 103 Å². The standard InChI is InChI=1S/C51H54N2O11S2/c54-20-26-5-1-4-25(12-26)13-27-14-33-42(58)32-7-2-8-34-40(32)44(60)50(33,37(57)15-27)24-65-66-38-17-29-16-36-48(11-3-6-31(48)21-55)18-30-10-9-28-19-52-46(53-38)39(29)41(28)49(30,36)23-51(62)43(59)35(22-56)64-47(63-34)45(51)61/h1-2,4-5,7-8,12,14-16,21,30-31,33,35-36,38,43,45,47,52-54,56-57,59,61-62H,3,6,9-11,13,17-20,22-24H2/t30-,31-,33+,35+,36+,38-,43+,45-,47+,48-,49-,50-,51-/m0/s1. The Labute approximate surface area is 389 Å². The lowest BCUT2D eigenvalue weighted by molar-refractivity contribution is -0.321. The predicted molar refractivity (Wildman–Crippen MR) is 245 cm³/mol. The van der Waals surface area contributed by atoms with Gasteiger partial charge in [0, 0.05) is 41.2 Å². The van der Waals surface area contributed by atoms with Crippen LogP contribution in [0.15, 0.2) is 100 Å². The Morgan fingerprint density at radius 3 is 2.67 bits per heavy atom. The third kappa shape index (κ3) is 5.80. The molecule has 2 saturated carbocycles. The SMILES string of the molecule is O=C[C@@H]1CCC[C@]12C[C@@H]1CCC3=C4C5=C(NC3)N[C@@H]3CC5=C[C@H]2[C@@]41C[C@]1(O)[C@H](O)[C@@H](CO)O[C@@H](Oc2cccc4c2C(=O)[C@]2(CSS3)C(O)=CC(Cc3cccc(CO)c3)=C[C@@H]2C4=O)[C@@H]1O. The number of nitrogens with one attached hydrogen (secondary N) is 2. The average Bonchev–Trinajstić information content (AvgIpc) is 3.85. The first-order chi connectivity index (χ1) is 31.9. The lowest BCUT2D eigenvalue weighted by Crippen LogP contribution is -2.70. The van der Waals surface area contributed by atoms with Gasteiger partial charge < -0.3 is 55.5 Å². The second-order valence-electron chi connectivity index (χ2n) is 20.4. The van der Waals surface area contributed by atoms with Crippen LogP contribution >= 0.6 is 21.6 Å². The van der Waals surface area contributed by atoms with E-state index in [-0.39, 0.29) is 64.5 Å². The van der Waals surface area contributed by atoms with Crippen LogP contribution < -0.4 is 15.4 Å². The molecule has 15 heteroatoms. The van der Waals surface area contributed by atoms with Crippen molar-refractivity contribution in [1.29, 1.82) is 0 Å². The van der Waals surface area contributed by atoms with Crippen LogP contribution in [0.3, 0.4) is 0 Å². The molecule has 13 atom stereocenters. The third-order valence-corrected chi connectivity index (χ3v) is 20.2. The van der Waals surface area contributed by atoms with Crippen LogP contribution in [0, 0.1) is 39.9 Å². The predicted octanol–water partition coefficient (Wildman–Crippen LogP) is 4.89. The number of aldehydes is 1. The molecule has 0 radical (unpaired) electrons. The van der Waals surface area contributed by atoms with Crippen molar-refractivity contribution >= 4 is 39.4 Å². The fourth-order valence-corrected chi connectivity index (χ4v) is 17.5. The molecule has 2 aromatic rings. The summed E-state index contributed by atoms with van der Waals surface area (Å²) in [7, 11) is 2.95. The first kappa shape index (κ1) is 43.1. The molecule has 0 aromatic heterocycles. The summed E-state index contributed by atoms with van der Waals surface area (Å²) in [5, 5.41) is 78.4. The Balaban J connectivity index is 1.03. The molecular weight excluding hydrogens is 881 g/mol. The maximum Gasteiger partial charge on any atom is 0.229 e. The molecule has 10 bridgehead atoms. The van der Waals surface area contributed by atoms with E-state index in [2.05, 4.69) is 16.7 Å². The number of benzene rings is 2. The van der Waals surface area contributed by atoms with Crippen LogP contribution in [0.5, 0.6) is 5.75 Å². The van der Waals surface area contributed by atoms with Crippen molar-refractivity contribution < 1.29 is 54.5 Å². The van der Waals surface area contributed by atoms with E-state index in [0.717, 1.165) is 78.5 Å². The van der Waals surface area contributed by atoms with E-state index in [1.807, 2.05) is 24.3 Å². The van der Waals surface area contributed by atoms with Crippen LogP contribution in [0.2, 0.25) is 0 Å². The first-order valence-corrected chi connectivity index (χ1v) is 25.7. The van der Waals surface area contributed by atoms with Gasteiger partial charge in [0.25, 0.3) is 0 Å². The fourth-order valence-electron chi connectivity index (χ4n) is 14.6. The van der Waals surface area contributed by atoms with Crippen molar-refractivity contribution in [2.24, 2.45) is 39.9 Å². The van der Waals surface area contributed by atoms with Crippen molar-refractivity contribution in [3.05, 3.63) is 122 Å². The Hall–Kier alpha value is -4.19. The van der Waals surface area contributed by atoms with Crippen LogP contribution in [0.1, 0.15) is 83.2 Å². The smallest absolute Gasteiger partial charge is 0.229 e. The van der Waals surface area contributed by atoms with Crippen molar-refractivity contribution in [1.82, 2.24) is 10.6 Å². The van der Waals surface area contributed by atoms with Gasteiger partial charge in [0.1, 0.15) is 52.9 Å². The number of hydrogen-bond acceptors (Lipinski definition) is 15. The van der Waals surface area contributed by atoms with Crippen molar-refractivity contribution in [2.45, 2.75) is 100.0 Å². The number of aliphatic hydroxyl groups excluding tert-OH is 5.